The third-order valence-electron chi connectivity index (χ3n) is 6.20. The fourth-order valence-electron chi connectivity index (χ4n) is 3.96. The predicted octanol–water partition coefficient (Wildman–Crippen LogP) is 6.68. The number of unbranched alkanes of at least 4 members (excludes halogenated alkanes) is 1. The Labute approximate surface area is 157 Å². The summed E-state index contributed by atoms with van der Waals surface area (Å²) in [5, 5.41) is 3.66. The molecule has 1 unspecified atom stereocenters. The Hall–Kier alpha value is -1.05. The van der Waals surface area contributed by atoms with Crippen molar-refractivity contribution < 1.29 is 0 Å². The van der Waals surface area contributed by atoms with E-state index >= 15 is 0 Å². The number of aliphatic imine (C=N–C) groups is 1. The number of rotatable bonds is 9. The second-order valence-electron chi connectivity index (χ2n) is 8.83. The van der Waals surface area contributed by atoms with E-state index in [0.29, 0.717) is 10.8 Å². The average Bonchev–Trinajstić information content (AvgIpc) is 2.71. The summed E-state index contributed by atoms with van der Waals surface area (Å²) < 4.78 is 0. The fourth-order valence-corrected chi connectivity index (χ4v) is 3.96. The third kappa shape index (κ3) is 6.01. The van der Waals surface area contributed by atoms with Crippen LogP contribution in [0.1, 0.15) is 92.9 Å². The molecule has 1 aliphatic heterocycles. The lowest BCUT2D eigenvalue weighted by Gasteiger charge is -2.35. The van der Waals surface area contributed by atoms with Crippen molar-refractivity contribution in [2.45, 2.75) is 92.9 Å². The fraction of sp³-hybridized carbons (Fsp3) is 0.783. The van der Waals surface area contributed by atoms with Crippen molar-refractivity contribution >= 4 is 5.71 Å². The van der Waals surface area contributed by atoms with Crippen LogP contribution in [0, 0.1) is 10.8 Å². The van der Waals surface area contributed by atoms with Crippen molar-refractivity contribution in [1.29, 1.82) is 0 Å². The first-order valence-electron chi connectivity index (χ1n) is 10.3. The maximum atomic E-state index is 4.77. The van der Waals surface area contributed by atoms with E-state index in [0.717, 1.165) is 25.1 Å². The highest BCUT2D eigenvalue weighted by Crippen LogP contribution is 2.42. The second-order valence-corrected chi connectivity index (χ2v) is 8.83. The van der Waals surface area contributed by atoms with Crippen LogP contribution in [0.15, 0.2) is 28.4 Å². The summed E-state index contributed by atoms with van der Waals surface area (Å²) in [7, 11) is 1.97. The number of allylic oxidation sites excluding steroid dienone is 2. The van der Waals surface area contributed by atoms with Gasteiger partial charge in [0.1, 0.15) is 0 Å². The Morgan fingerprint density at radius 2 is 1.88 bits per heavy atom. The van der Waals surface area contributed by atoms with Crippen LogP contribution in [0.25, 0.3) is 0 Å². The quantitative estimate of drug-likeness (QED) is 0.462. The molecule has 1 N–H and O–H groups in total. The van der Waals surface area contributed by atoms with Gasteiger partial charge in [-0.1, -0.05) is 66.9 Å². The largest absolute Gasteiger partial charge is 0.385 e. The van der Waals surface area contributed by atoms with Gasteiger partial charge in [0.25, 0.3) is 0 Å². The highest BCUT2D eigenvalue weighted by Gasteiger charge is 2.35. The maximum Gasteiger partial charge on any atom is 0.0385 e. The molecule has 2 nitrogen and oxygen atoms in total. The standard InChI is InChI=1S/C23H42N2/c1-9-12-14-23(13-10-2)15-20(18(4)19(5)25-17-23)21(24-8)16-22(6,7)11-3/h25H,5,9-17H2,1-4,6-8H3. The average molecular weight is 347 g/mol. The highest BCUT2D eigenvalue weighted by molar-refractivity contribution is 6.01. The molecule has 0 aromatic heterocycles. The smallest absolute Gasteiger partial charge is 0.0385 e. The molecule has 1 rings (SSSR count). The van der Waals surface area contributed by atoms with Gasteiger partial charge in [0.05, 0.1) is 0 Å². The zero-order valence-electron chi connectivity index (χ0n) is 18.0. The van der Waals surface area contributed by atoms with Crippen LogP contribution in [0.3, 0.4) is 0 Å². The zero-order chi connectivity index (χ0) is 19.1. The van der Waals surface area contributed by atoms with Crippen LogP contribution >= 0.6 is 0 Å². The number of hydrogen-bond donors (Lipinski definition) is 1. The second kappa shape index (κ2) is 9.59. The van der Waals surface area contributed by atoms with Crippen LogP contribution < -0.4 is 5.32 Å². The van der Waals surface area contributed by atoms with Gasteiger partial charge in [-0.15, -0.1) is 0 Å². The van der Waals surface area contributed by atoms with E-state index in [1.807, 2.05) is 7.05 Å². The maximum absolute atomic E-state index is 4.77. The molecule has 0 aromatic rings. The van der Waals surface area contributed by atoms with E-state index in [2.05, 4.69) is 53.4 Å². The van der Waals surface area contributed by atoms with Crippen molar-refractivity contribution in [1.82, 2.24) is 5.32 Å². The monoisotopic (exact) mass is 346 g/mol. The number of hydrogen-bond acceptors (Lipinski definition) is 2. The molecule has 1 aliphatic rings. The van der Waals surface area contributed by atoms with Gasteiger partial charge in [0.2, 0.25) is 0 Å². The first-order valence-corrected chi connectivity index (χ1v) is 10.3. The van der Waals surface area contributed by atoms with Gasteiger partial charge in [-0.05, 0) is 54.6 Å². The Balaban J connectivity index is 3.26. The Morgan fingerprint density at radius 3 is 2.40 bits per heavy atom. The van der Waals surface area contributed by atoms with Gasteiger partial charge in [-0.2, -0.15) is 0 Å². The molecular weight excluding hydrogens is 304 g/mol. The van der Waals surface area contributed by atoms with E-state index < -0.39 is 0 Å². The van der Waals surface area contributed by atoms with Crippen LogP contribution in [0.4, 0.5) is 0 Å². The van der Waals surface area contributed by atoms with Crippen LogP contribution in [-0.4, -0.2) is 19.3 Å². The molecule has 0 radical (unpaired) electrons. The molecular formula is C23H42N2. The molecule has 2 heteroatoms. The third-order valence-corrected chi connectivity index (χ3v) is 6.20. The predicted molar refractivity (Wildman–Crippen MR) is 113 cm³/mol. The first-order chi connectivity index (χ1) is 11.7. The summed E-state index contributed by atoms with van der Waals surface area (Å²) in [5.41, 5.74) is 5.81. The lowest BCUT2D eigenvalue weighted by Crippen LogP contribution is -2.33. The van der Waals surface area contributed by atoms with Crippen LogP contribution in [0.5, 0.6) is 0 Å². The van der Waals surface area contributed by atoms with Crippen molar-refractivity contribution in [2.24, 2.45) is 15.8 Å². The summed E-state index contributed by atoms with van der Waals surface area (Å²) >= 11 is 0. The lowest BCUT2D eigenvalue weighted by atomic mass is 9.71. The first kappa shape index (κ1) is 22.0. The molecule has 144 valence electrons. The van der Waals surface area contributed by atoms with Crippen molar-refractivity contribution in [2.75, 3.05) is 13.6 Å². The Kier molecular flexibility index (Phi) is 8.44. The van der Waals surface area contributed by atoms with Crippen LogP contribution in [-0.2, 0) is 0 Å². The van der Waals surface area contributed by atoms with E-state index in [1.54, 1.807) is 0 Å². The van der Waals surface area contributed by atoms with E-state index in [9.17, 15) is 0 Å². The Bertz CT molecular complexity index is 510. The molecule has 1 heterocycles. The number of nitrogens with zero attached hydrogens (tertiary/aromatic N) is 1. The van der Waals surface area contributed by atoms with Crippen LogP contribution in [0.2, 0.25) is 0 Å². The normalized spacial score (nSPS) is 22.8. The summed E-state index contributed by atoms with van der Waals surface area (Å²) in [6.07, 6.45) is 9.75. The molecule has 0 fully saturated rings. The van der Waals surface area contributed by atoms with Gasteiger partial charge in [0, 0.05) is 25.0 Å². The van der Waals surface area contributed by atoms with E-state index in [-0.39, 0.29) is 0 Å². The summed E-state index contributed by atoms with van der Waals surface area (Å²) in [5.74, 6) is 0. The van der Waals surface area contributed by atoms with E-state index in [1.165, 1.54) is 55.4 Å². The molecule has 0 saturated heterocycles. The minimum absolute atomic E-state index is 0.292. The number of nitrogens with one attached hydrogen (secondary N) is 1. The SMILES string of the molecule is C=C1NCC(CCC)(CCCC)CC(C(CC(C)(C)CC)=NC)=C1C. The van der Waals surface area contributed by atoms with Crippen molar-refractivity contribution in [3.63, 3.8) is 0 Å². The molecule has 0 aromatic carbocycles. The molecule has 0 bridgehead atoms. The van der Waals surface area contributed by atoms with Gasteiger partial charge < -0.3 is 5.32 Å². The topological polar surface area (TPSA) is 24.4 Å². The molecule has 25 heavy (non-hydrogen) atoms. The summed E-state index contributed by atoms with van der Waals surface area (Å²) in [6.45, 7) is 19.2. The van der Waals surface area contributed by atoms with Gasteiger partial charge >= 0.3 is 0 Å². The van der Waals surface area contributed by atoms with E-state index in [4.69, 9.17) is 4.99 Å². The van der Waals surface area contributed by atoms with Gasteiger partial charge in [-0.3, -0.25) is 4.99 Å². The summed E-state index contributed by atoms with van der Waals surface area (Å²) in [6, 6.07) is 0. The summed E-state index contributed by atoms with van der Waals surface area (Å²) in [4.78, 5) is 4.77. The zero-order valence-corrected chi connectivity index (χ0v) is 18.0. The Morgan fingerprint density at radius 1 is 1.20 bits per heavy atom. The van der Waals surface area contributed by atoms with Crippen molar-refractivity contribution in [3.8, 4) is 0 Å². The molecule has 0 spiro atoms. The lowest BCUT2D eigenvalue weighted by molar-refractivity contribution is 0.229. The molecule has 0 saturated carbocycles. The molecule has 0 amide bonds. The minimum Gasteiger partial charge on any atom is -0.385 e. The molecule has 1 atom stereocenters. The van der Waals surface area contributed by atoms with Gasteiger partial charge in [-0.25, -0.2) is 0 Å². The van der Waals surface area contributed by atoms with Crippen molar-refractivity contribution in [3.05, 3.63) is 23.4 Å². The minimum atomic E-state index is 0.292. The highest BCUT2D eigenvalue weighted by atomic mass is 14.9. The van der Waals surface area contributed by atoms with Gasteiger partial charge in [0.15, 0.2) is 0 Å². The molecule has 0 aliphatic carbocycles.